The molecule has 0 spiro atoms. The minimum absolute atomic E-state index is 0.368. The van der Waals surface area contributed by atoms with E-state index in [0.717, 1.165) is 11.8 Å². The van der Waals surface area contributed by atoms with Gasteiger partial charge in [0.05, 0.1) is 18.5 Å². The maximum atomic E-state index is 14.6. The van der Waals surface area contributed by atoms with Gasteiger partial charge in [0.25, 0.3) is 0 Å². The van der Waals surface area contributed by atoms with E-state index in [0.29, 0.717) is 39.8 Å². The molecule has 0 amide bonds. The third-order valence-corrected chi connectivity index (χ3v) is 4.02. The van der Waals surface area contributed by atoms with E-state index in [4.69, 9.17) is 9.26 Å². The maximum absolute atomic E-state index is 14.6. The molecule has 0 aliphatic rings. The summed E-state index contributed by atoms with van der Waals surface area (Å²) in [6.45, 7) is 5.35. The molecule has 5 nitrogen and oxygen atoms in total. The molecule has 0 fully saturated rings. The van der Waals surface area contributed by atoms with Crippen molar-refractivity contribution in [3.05, 3.63) is 52.8 Å². The molecule has 3 rings (SSSR count). The molecule has 0 unspecified atom stereocenters. The van der Waals surface area contributed by atoms with Crippen LogP contribution in [0.2, 0.25) is 0 Å². The molecule has 1 aromatic carbocycles. The predicted octanol–water partition coefficient (Wildman–Crippen LogP) is 4.02. The Morgan fingerprint density at radius 3 is 2.54 bits per heavy atom. The Morgan fingerprint density at radius 1 is 1.25 bits per heavy atom. The Hall–Kier alpha value is -2.89. The zero-order valence-corrected chi connectivity index (χ0v) is 13.9. The molecule has 0 N–H and O–H groups in total. The molecule has 0 saturated heterocycles. The number of carbonyl (C=O) groups is 1. The number of aryl methyl sites for hydroxylation is 3. The van der Waals surface area contributed by atoms with Crippen LogP contribution in [0.1, 0.15) is 27.5 Å². The van der Waals surface area contributed by atoms with Crippen molar-refractivity contribution >= 4 is 6.29 Å². The quantitative estimate of drug-likeness (QED) is 0.679. The molecule has 0 aliphatic heterocycles. The van der Waals surface area contributed by atoms with Crippen molar-refractivity contribution in [3.8, 4) is 22.7 Å². The molecular weight excluding hydrogens is 311 g/mol. The largest absolute Gasteiger partial charge is 0.497 e. The minimum atomic E-state index is -0.433. The monoisotopic (exact) mass is 328 g/mol. The third-order valence-electron chi connectivity index (χ3n) is 4.02. The van der Waals surface area contributed by atoms with Gasteiger partial charge < -0.3 is 13.8 Å². The Balaban J connectivity index is 2.33. The molecule has 24 heavy (non-hydrogen) atoms. The van der Waals surface area contributed by atoms with Crippen LogP contribution < -0.4 is 4.74 Å². The predicted molar refractivity (Wildman–Crippen MR) is 87.4 cm³/mol. The zero-order valence-electron chi connectivity index (χ0n) is 13.9. The van der Waals surface area contributed by atoms with Crippen molar-refractivity contribution in [2.45, 2.75) is 20.8 Å². The number of hydrogen-bond acceptors (Lipinski definition) is 4. The fourth-order valence-corrected chi connectivity index (χ4v) is 2.86. The molecule has 3 aromatic rings. The second-order valence-electron chi connectivity index (χ2n) is 5.57. The van der Waals surface area contributed by atoms with E-state index in [1.807, 2.05) is 6.92 Å². The number of nitrogens with zero attached hydrogens (tertiary/aromatic N) is 2. The highest BCUT2D eigenvalue weighted by atomic mass is 19.1. The smallest absolute Gasteiger partial charge is 0.167 e. The van der Waals surface area contributed by atoms with Gasteiger partial charge in [0.2, 0.25) is 0 Å². The highest BCUT2D eigenvalue weighted by Gasteiger charge is 2.22. The van der Waals surface area contributed by atoms with Crippen molar-refractivity contribution in [1.29, 1.82) is 0 Å². The van der Waals surface area contributed by atoms with Crippen LogP contribution in [0.15, 0.2) is 28.8 Å². The van der Waals surface area contributed by atoms with E-state index < -0.39 is 5.82 Å². The zero-order chi connectivity index (χ0) is 17.4. The van der Waals surface area contributed by atoms with Gasteiger partial charge in [0.1, 0.15) is 22.9 Å². The lowest BCUT2D eigenvalue weighted by Gasteiger charge is -2.12. The summed E-state index contributed by atoms with van der Waals surface area (Å²) in [5, 5.41) is 3.94. The van der Waals surface area contributed by atoms with Crippen LogP contribution in [0.4, 0.5) is 4.39 Å². The van der Waals surface area contributed by atoms with E-state index in [1.165, 1.54) is 13.2 Å². The van der Waals surface area contributed by atoms with E-state index in [-0.39, 0.29) is 0 Å². The van der Waals surface area contributed by atoms with Crippen LogP contribution in [0.3, 0.4) is 0 Å². The topological polar surface area (TPSA) is 57.3 Å². The summed E-state index contributed by atoms with van der Waals surface area (Å²) in [5.41, 5.74) is 3.39. The maximum Gasteiger partial charge on any atom is 0.167 e. The molecule has 0 radical (unpaired) electrons. The highest BCUT2D eigenvalue weighted by Crippen LogP contribution is 2.34. The van der Waals surface area contributed by atoms with Crippen LogP contribution in [0, 0.1) is 26.6 Å². The SMILES string of the molecule is COc1ccc(-c2cc(C)c(C=O)n2-c2c(C)noc2C)c(F)c1. The lowest BCUT2D eigenvalue weighted by atomic mass is 10.1. The second kappa shape index (κ2) is 5.96. The first-order valence-electron chi connectivity index (χ1n) is 7.42. The number of aldehydes is 1. The summed E-state index contributed by atoms with van der Waals surface area (Å²) in [7, 11) is 1.48. The van der Waals surface area contributed by atoms with Crippen molar-refractivity contribution in [3.63, 3.8) is 0 Å². The fourth-order valence-electron chi connectivity index (χ4n) is 2.86. The van der Waals surface area contributed by atoms with E-state index in [1.54, 1.807) is 36.6 Å². The number of halogens is 1. The number of rotatable bonds is 4. The fraction of sp³-hybridized carbons (Fsp3) is 0.222. The summed E-state index contributed by atoms with van der Waals surface area (Å²) in [5.74, 6) is 0.553. The molecule has 2 aromatic heterocycles. The van der Waals surface area contributed by atoms with Gasteiger partial charge in [-0.15, -0.1) is 0 Å². The molecule has 124 valence electrons. The molecular formula is C18H17FN2O3. The Labute approximate surface area is 138 Å². The highest BCUT2D eigenvalue weighted by molar-refractivity contribution is 5.81. The van der Waals surface area contributed by atoms with Crippen LogP contribution in [-0.4, -0.2) is 23.1 Å². The van der Waals surface area contributed by atoms with Gasteiger partial charge in [-0.2, -0.15) is 0 Å². The molecule has 0 atom stereocenters. The summed E-state index contributed by atoms with van der Waals surface area (Å²) in [4.78, 5) is 11.6. The van der Waals surface area contributed by atoms with Crippen LogP contribution in [0.25, 0.3) is 16.9 Å². The number of benzene rings is 1. The van der Waals surface area contributed by atoms with Gasteiger partial charge >= 0.3 is 0 Å². The van der Waals surface area contributed by atoms with Gasteiger partial charge in [-0.05, 0) is 44.5 Å². The number of hydrogen-bond donors (Lipinski definition) is 0. The summed E-state index contributed by atoms with van der Waals surface area (Å²) >= 11 is 0. The van der Waals surface area contributed by atoms with Gasteiger partial charge in [-0.3, -0.25) is 4.79 Å². The third kappa shape index (κ3) is 2.40. The Bertz CT molecular complexity index is 905. The average Bonchev–Trinajstić information content (AvgIpc) is 3.05. The first kappa shape index (κ1) is 16.0. The van der Waals surface area contributed by atoms with Crippen molar-refractivity contribution in [1.82, 2.24) is 9.72 Å². The molecule has 6 heteroatoms. The van der Waals surface area contributed by atoms with Crippen molar-refractivity contribution < 1.29 is 18.4 Å². The van der Waals surface area contributed by atoms with Crippen LogP contribution >= 0.6 is 0 Å². The first-order chi connectivity index (χ1) is 11.5. The Morgan fingerprint density at radius 2 is 2.00 bits per heavy atom. The molecule has 2 heterocycles. The van der Waals surface area contributed by atoms with Crippen LogP contribution in [0.5, 0.6) is 5.75 Å². The molecule has 0 saturated carbocycles. The summed E-state index contributed by atoms with van der Waals surface area (Å²) < 4.78 is 26.5. The van der Waals surface area contributed by atoms with Crippen LogP contribution in [-0.2, 0) is 0 Å². The van der Waals surface area contributed by atoms with E-state index in [9.17, 15) is 9.18 Å². The average molecular weight is 328 g/mol. The normalized spacial score (nSPS) is 10.9. The van der Waals surface area contributed by atoms with Gasteiger partial charge in [0, 0.05) is 11.6 Å². The number of ether oxygens (including phenoxy) is 1. The lowest BCUT2D eigenvalue weighted by molar-refractivity contribution is 0.111. The molecule has 0 aliphatic carbocycles. The Kier molecular flexibility index (Phi) is 3.97. The lowest BCUT2D eigenvalue weighted by Crippen LogP contribution is -2.05. The second-order valence-corrected chi connectivity index (χ2v) is 5.57. The first-order valence-corrected chi connectivity index (χ1v) is 7.42. The number of aromatic nitrogens is 2. The van der Waals surface area contributed by atoms with Gasteiger partial charge in [-0.25, -0.2) is 4.39 Å². The summed E-state index contributed by atoms with van der Waals surface area (Å²) in [6, 6.07) is 6.40. The van der Waals surface area contributed by atoms with E-state index in [2.05, 4.69) is 5.16 Å². The number of methoxy groups -OCH3 is 1. The minimum Gasteiger partial charge on any atom is -0.497 e. The molecule has 0 bridgehead atoms. The van der Waals surface area contributed by atoms with Crippen molar-refractivity contribution in [2.24, 2.45) is 0 Å². The number of carbonyl (C=O) groups excluding carboxylic acids is 1. The summed E-state index contributed by atoms with van der Waals surface area (Å²) in [6.07, 6.45) is 0.756. The van der Waals surface area contributed by atoms with Gasteiger partial charge in [-0.1, -0.05) is 5.16 Å². The van der Waals surface area contributed by atoms with E-state index >= 15 is 0 Å². The standard InChI is InChI=1S/C18H17FN2O3/c1-10-7-16(14-6-5-13(23-4)8-15(14)19)21(17(10)9-22)18-11(2)20-24-12(18)3/h5-9H,1-4H3. The van der Waals surface area contributed by atoms with Gasteiger partial charge in [0.15, 0.2) is 12.0 Å². The van der Waals surface area contributed by atoms with Crippen molar-refractivity contribution in [2.75, 3.05) is 7.11 Å².